The van der Waals surface area contributed by atoms with Crippen molar-refractivity contribution in [3.8, 4) is 11.5 Å². The Labute approximate surface area is 118 Å². The molecule has 0 unspecified atom stereocenters. The molecule has 1 amide bonds. The number of carbonyl (C=O) groups excluding carboxylic acids is 1. The van der Waals surface area contributed by atoms with Crippen molar-refractivity contribution in [2.45, 2.75) is 19.4 Å². The SMILES string of the molecule is CC(C)(CN)NC(=O)c1cccc2c1OCCO2.Cl. The summed E-state index contributed by atoms with van der Waals surface area (Å²) in [4.78, 5) is 12.2. The number of amides is 1. The van der Waals surface area contributed by atoms with Crippen molar-refractivity contribution in [1.29, 1.82) is 0 Å². The maximum absolute atomic E-state index is 12.2. The van der Waals surface area contributed by atoms with Crippen molar-refractivity contribution in [2.75, 3.05) is 19.8 Å². The fourth-order valence-electron chi connectivity index (χ4n) is 1.68. The zero-order valence-corrected chi connectivity index (χ0v) is 11.9. The van der Waals surface area contributed by atoms with Gasteiger partial charge in [0, 0.05) is 12.1 Å². The van der Waals surface area contributed by atoms with Gasteiger partial charge < -0.3 is 20.5 Å². The van der Waals surface area contributed by atoms with Gasteiger partial charge >= 0.3 is 0 Å². The maximum atomic E-state index is 12.2. The molecule has 0 radical (unpaired) electrons. The van der Waals surface area contributed by atoms with Gasteiger partial charge in [0.2, 0.25) is 0 Å². The minimum absolute atomic E-state index is 0. The largest absolute Gasteiger partial charge is 0.486 e. The van der Waals surface area contributed by atoms with Gasteiger partial charge in [0.05, 0.1) is 5.56 Å². The number of halogens is 1. The van der Waals surface area contributed by atoms with Crippen LogP contribution in [0.1, 0.15) is 24.2 Å². The summed E-state index contributed by atoms with van der Waals surface area (Å²) in [5, 5.41) is 2.87. The summed E-state index contributed by atoms with van der Waals surface area (Å²) in [6.45, 7) is 5.07. The molecule has 1 aromatic rings. The third-order valence-corrected chi connectivity index (χ3v) is 2.77. The van der Waals surface area contributed by atoms with Crippen LogP contribution in [0.3, 0.4) is 0 Å². The van der Waals surface area contributed by atoms with Gasteiger partial charge in [-0.05, 0) is 26.0 Å². The molecule has 19 heavy (non-hydrogen) atoms. The lowest BCUT2D eigenvalue weighted by molar-refractivity contribution is 0.0905. The summed E-state index contributed by atoms with van der Waals surface area (Å²) in [5.74, 6) is 0.918. The van der Waals surface area contributed by atoms with E-state index in [1.54, 1.807) is 18.2 Å². The molecule has 1 heterocycles. The van der Waals surface area contributed by atoms with E-state index < -0.39 is 5.54 Å². The van der Waals surface area contributed by atoms with Gasteiger partial charge in [0.25, 0.3) is 5.91 Å². The molecule has 1 aliphatic heterocycles. The number of hydrogen-bond donors (Lipinski definition) is 2. The van der Waals surface area contributed by atoms with E-state index in [-0.39, 0.29) is 18.3 Å². The van der Waals surface area contributed by atoms with E-state index in [0.717, 1.165) is 0 Å². The molecule has 0 spiro atoms. The van der Waals surface area contributed by atoms with Crippen molar-refractivity contribution in [3.05, 3.63) is 23.8 Å². The van der Waals surface area contributed by atoms with Crippen molar-refractivity contribution >= 4 is 18.3 Å². The summed E-state index contributed by atoms with van der Waals surface area (Å²) in [7, 11) is 0. The molecular formula is C13H19ClN2O3. The number of hydrogen-bond acceptors (Lipinski definition) is 4. The standard InChI is InChI=1S/C13H18N2O3.ClH/c1-13(2,8-14)15-12(16)9-4-3-5-10-11(9)18-7-6-17-10;/h3-5H,6-8,14H2,1-2H3,(H,15,16);1H. The number of nitrogens with one attached hydrogen (secondary N) is 1. The van der Waals surface area contributed by atoms with Gasteiger partial charge in [-0.15, -0.1) is 12.4 Å². The second-order valence-corrected chi connectivity index (χ2v) is 4.87. The number of rotatable bonds is 3. The second-order valence-electron chi connectivity index (χ2n) is 4.87. The molecule has 0 aliphatic carbocycles. The molecule has 0 aromatic heterocycles. The molecule has 5 nitrogen and oxygen atoms in total. The minimum atomic E-state index is -0.449. The molecule has 1 aromatic carbocycles. The van der Waals surface area contributed by atoms with E-state index in [2.05, 4.69) is 5.32 Å². The van der Waals surface area contributed by atoms with Crippen LogP contribution in [0.4, 0.5) is 0 Å². The van der Waals surface area contributed by atoms with Gasteiger partial charge in [0.15, 0.2) is 11.5 Å². The lowest BCUT2D eigenvalue weighted by atomic mass is 10.0. The molecule has 0 bridgehead atoms. The Balaban J connectivity index is 0.00000180. The molecule has 0 fully saturated rings. The first-order valence-corrected chi connectivity index (χ1v) is 5.95. The van der Waals surface area contributed by atoms with Crippen LogP contribution in [0.5, 0.6) is 11.5 Å². The van der Waals surface area contributed by atoms with Gasteiger partial charge in [0.1, 0.15) is 13.2 Å². The second kappa shape index (κ2) is 6.12. The summed E-state index contributed by atoms with van der Waals surface area (Å²) < 4.78 is 10.9. The fraction of sp³-hybridized carbons (Fsp3) is 0.462. The molecule has 0 saturated carbocycles. The van der Waals surface area contributed by atoms with E-state index in [1.807, 2.05) is 13.8 Å². The van der Waals surface area contributed by atoms with Crippen molar-refractivity contribution < 1.29 is 14.3 Å². The highest BCUT2D eigenvalue weighted by Crippen LogP contribution is 2.33. The molecule has 3 N–H and O–H groups in total. The number of nitrogens with two attached hydrogens (primary N) is 1. The van der Waals surface area contributed by atoms with Crippen LogP contribution >= 0.6 is 12.4 Å². The Morgan fingerprint density at radius 3 is 2.74 bits per heavy atom. The predicted molar refractivity (Wildman–Crippen MR) is 75.3 cm³/mol. The van der Waals surface area contributed by atoms with E-state index in [1.165, 1.54) is 0 Å². The third kappa shape index (κ3) is 3.52. The quantitative estimate of drug-likeness (QED) is 0.880. The van der Waals surface area contributed by atoms with Crippen LogP contribution in [-0.2, 0) is 0 Å². The van der Waals surface area contributed by atoms with E-state index in [0.29, 0.717) is 36.8 Å². The lowest BCUT2D eigenvalue weighted by Crippen LogP contribution is -2.49. The third-order valence-electron chi connectivity index (χ3n) is 2.77. The molecular weight excluding hydrogens is 268 g/mol. The number of benzene rings is 1. The van der Waals surface area contributed by atoms with Crippen LogP contribution < -0.4 is 20.5 Å². The zero-order valence-electron chi connectivity index (χ0n) is 11.1. The average Bonchev–Trinajstić information content (AvgIpc) is 2.37. The van der Waals surface area contributed by atoms with Crippen molar-refractivity contribution in [3.63, 3.8) is 0 Å². The van der Waals surface area contributed by atoms with Gasteiger partial charge in [-0.2, -0.15) is 0 Å². The first-order chi connectivity index (χ1) is 8.53. The Kier molecular flexibility index (Phi) is 5.03. The maximum Gasteiger partial charge on any atom is 0.255 e. The fourth-order valence-corrected chi connectivity index (χ4v) is 1.68. The van der Waals surface area contributed by atoms with Gasteiger partial charge in [-0.1, -0.05) is 6.07 Å². The highest BCUT2D eigenvalue weighted by molar-refractivity contribution is 5.98. The molecule has 1 aliphatic rings. The van der Waals surface area contributed by atoms with Gasteiger partial charge in [-0.25, -0.2) is 0 Å². The zero-order chi connectivity index (χ0) is 13.2. The molecule has 0 atom stereocenters. The minimum Gasteiger partial charge on any atom is -0.486 e. The average molecular weight is 287 g/mol. The molecule has 2 rings (SSSR count). The first-order valence-electron chi connectivity index (χ1n) is 5.95. The van der Waals surface area contributed by atoms with Crippen LogP contribution in [0, 0.1) is 0 Å². The van der Waals surface area contributed by atoms with Crippen LogP contribution in [0.15, 0.2) is 18.2 Å². The highest BCUT2D eigenvalue weighted by Gasteiger charge is 2.24. The number of ether oxygens (including phenoxy) is 2. The summed E-state index contributed by atoms with van der Waals surface area (Å²) in [6.07, 6.45) is 0. The Bertz CT molecular complexity index is 463. The highest BCUT2D eigenvalue weighted by atomic mass is 35.5. The lowest BCUT2D eigenvalue weighted by Gasteiger charge is -2.26. The van der Waals surface area contributed by atoms with Crippen molar-refractivity contribution in [1.82, 2.24) is 5.32 Å². The summed E-state index contributed by atoms with van der Waals surface area (Å²) in [5.41, 5.74) is 5.63. The van der Waals surface area contributed by atoms with E-state index in [4.69, 9.17) is 15.2 Å². The molecule has 6 heteroatoms. The summed E-state index contributed by atoms with van der Waals surface area (Å²) >= 11 is 0. The smallest absolute Gasteiger partial charge is 0.255 e. The van der Waals surface area contributed by atoms with Crippen LogP contribution in [-0.4, -0.2) is 31.2 Å². The number of carbonyl (C=O) groups is 1. The predicted octanol–water partition coefficient (Wildman–Crippen LogP) is 1.35. The number of para-hydroxylation sites is 1. The number of fused-ring (bicyclic) bond motifs is 1. The molecule has 106 valence electrons. The Morgan fingerprint density at radius 2 is 2.05 bits per heavy atom. The Morgan fingerprint density at radius 1 is 1.37 bits per heavy atom. The Hall–Kier alpha value is -1.46. The van der Waals surface area contributed by atoms with E-state index in [9.17, 15) is 4.79 Å². The van der Waals surface area contributed by atoms with E-state index >= 15 is 0 Å². The topological polar surface area (TPSA) is 73.6 Å². The van der Waals surface area contributed by atoms with Crippen molar-refractivity contribution in [2.24, 2.45) is 5.73 Å². The normalized spacial score (nSPS) is 13.4. The monoisotopic (exact) mass is 286 g/mol. The van der Waals surface area contributed by atoms with Gasteiger partial charge in [-0.3, -0.25) is 4.79 Å². The first kappa shape index (κ1) is 15.6. The van der Waals surface area contributed by atoms with Crippen LogP contribution in [0.25, 0.3) is 0 Å². The van der Waals surface area contributed by atoms with Crippen LogP contribution in [0.2, 0.25) is 0 Å². The molecule has 0 saturated heterocycles. The summed E-state index contributed by atoms with van der Waals surface area (Å²) in [6, 6.07) is 5.28.